The third-order valence-corrected chi connectivity index (χ3v) is 6.93. The van der Waals surface area contributed by atoms with Gasteiger partial charge in [0.2, 0.25) is 0 Å². The fourth-order valence-corrected chi connectivity index (χ4v) is 5.33. The molecule has 0 amide bonds. The van der Waals surface area contributed by atoms with Gasteiger partial charge in [-0.25, -0.2) is 9.67 Å². The van der Waals surface area contributed by atoms with Crippen LogP contribution in [0.3, 0.4) is 0 Å². The van der Waals surface area contributed by atoms with E-state index in [1.165, 1.54) is 17.7 Å². The van der Waals surface area contributed by atoms with E-state index in [1.54, 1.807) is 6.33 Å². The van der Waals surface area contributed by atoms with Gasteiger partial charge in [-0.15, -0.1) is 0 Å². The molecule has 34 heavy (non-hydrogen) atoms. The molecule has 0 saturated carbocycles. The Bertz CT molecular complexity index is 1390. The minimum atomic E-state index is 0.667. The van der Waals surface area contributed by atoms with Crippen molar-refractivity contribution in [3.05, 3.63) is 72.2 Å². The molecule has 4 aromatic rings. The van der Waals surface area contributed by atoms with Gasteiger partial charge in [-0.1, -0.05) is 12.1 Å². The molecule has 2 aliphatic heterocycles. The minimum absolute atomic E-state index is 0.667. The summed E-state index contributed by atoms with van der Waals surface area (Å²) in [7, 11) is 4.31. The van der Waals surface area contributed by atoms with E-state index in [0.717, 1.165) is 54.5 Å². The molecule has 1 saturated heterocycles. The van der Waals surface area contributed by atoms with Crippen molar-refractivity contribution in [1.82, 2.24) is 24.2 Å². The maximum absolute atomic E-state index is 9.12. The Kier molecular flexibility index (Phi) is 4.96. The van der Waals surface area contributed by atoms with Crippen LogP contribution in [0.15, 0.2) is 61.1 Å². The molecule has 2 aliphatic rings. The highest BCUT2D eigenvalue weighted by atomic mass is 15.4. The summed E-state index contributed by atoms with van der Waals surface area (Å²) < 4.78 is 4.22. The van der Waals surface area contributed by atoms with Crippen molar-refractivity contribution in [2.75, 3.05) is 38.6 Å². The summed E-state index contributed by atoms with van der Waals surface area (Å²) in [6.07, 6.45) is 5.04. The number of nitrogens with zero attached hydrogens (tertiary/aromatic N) is 7. The van der Waals surface area contributed by atoms with E-state index in [4.69, 9.17) is 5.26 Å². The lowest BCUT2D eigenvalue weighted by Crippen LogP contribution is -2.25. The van der Waals surface area contributed by atoms with E-state index < -0.39 is 0 Å². The first-order chi connectivity index (χ1) is 16.6. The van der Waals surface area contributed by atoms with Crippen LogP contribution in [0.25, 0.3) is 28.3 Å². The predicted octanol–water partition coefficient (Wildman–Crippen LogP) is 4.02. The molecule has 1 unspecified atom stereocenters. The summed E-state index contributed by atoms with van der Waals surface area (Å²) in [6.45, 7) is 4.09. The summed E-state index contributed by atoms with van der Waals surface area (Å²) in [4.78, 5) is 9.40. The lowest BCUT2D eigenvalue weighted by molar-refractivity contribution is 0.340. The molecular weight excluding hydrogens is 422 g/mol. The predicted molar refractivity (Wildman–Crippen MR) is 133 cm³/mol. The van der Waals surface area contributed by atoms with E-state index in [9.17, 15) is 0 Å². The second-order valence-corrected chi connectivity index (χ2v) is 9.60. The quantitative estimate of drug-likeness (QED) is 0.415. The first-order valence-corrected chi connectivity index (χ1v) is 11.7. The van der Waals surface area contributed by atoms with Crippen LogP contribution < -0.4 is 4.90 Å². The average molecular weight is 450 g/mol. The number of aromatic nitrogens is 4. The van der Waals surface area contributed by atoms with E-state index >= 15 is 0 Å². The zero-order chi connectivity index (χ0) is 23.2. The Hall–Kier alpha value is -3.89. The molecule has 7 nitrogen and oxygen atoms in total. The van der Waals surface area contributed by atoms with Crippen LogP contribution in [-0.2, 0) is 6.54 Å². The van der Waals surface area contributed by atoms with Gasteiger partial charge in [0.1, 0.15) is 6.33 Å². The molecule has 0 N–H and O–H groups in total. The standard InChI is InChI=1S/C27H27N7/c1-31(2)14-20-9-10-32(15-20)24-7-8-25-23(11-24)17-33-16-22(21-5-3-19(13-28)4-6-21)12-26(33)27-29-18-30-34(25)27/h3-8,11-12,16,18,20H,9-10,14-15,17H2,1-2H3. The van der Waals surface area contributed by atoms with Crippen LogP contribution in [0.2, 0.25) is 0 Å². The topological polar surface area (TPSA) is 65.9 Å². The third-order valence-electron chi connectivity index (χ3n) is 6.93. The Balaban J connectivity index is 1.36. The molecule has 0 aliphatic carbocycles. The molecule has 1 atom stereocenters. The van der Waals surface area contributed by atoms with Crippen molar-refractivity contribution >= 4 is 5.69 Å². The molecule has 7 heteroatoms. The first kappa shape index (κ1) is 20.7. The molecule has 170 valence electrons. The lowest BCUT2D eigenvalue weighted by Gasteiger charge is -2.21. The maximum Gasteiger partial charge on any atom is 0.179 e. The van der Waals surface area contributed by atoms with Crippen molar-refractivity contribution in [3.63, 3.8) is 0 Å². The molecule has 4 heterocycles. The number of anilines is 1. The summed E-state index contributed by atoms with van der Waals surface area (Å²) in [5, 5.41) is 13.7. The number of benzene rings is 2. The minimum Gasteiger partial charge on any atom is -0.371 e. The number of hydrogen-bond acceptors (Lipinski definition) is 5. The zero-order valence-corrected chi connectivity index (χ0v) is 19.5. The van der Waals surface area contributed by atoms with Crippen LogP contribution >= 0.6 is 0 Å². The number of fused-ring (bicyclic) bond motifs is 5. The lowest BCUT2D eigenvalue weighted by atomic mass is 10.1. The fourth-order valence-electron chi connectivity index (χ4n) is 5.33. The van der Waals surface area contributed by atoms with Crippen molar-refractivity contribution in [1.29, 1.82) is 5.26 Å². The van der Waals surface area contributed by atoms with Gasteiger partial charge in [0.05, 0.1) is 23.0 Å². The molecule has 0 spiro atoms. The van der Waals surface area contributed by atoms with Crippen molar-refractivity contribution in [3.8, 4) is 34.4 Å². The van der Waals surface area contributed by atoms with Gasteiger partial charge in [0.15, 0.2) is 5.82 Å². The second-order valence-electron chi connectivity index (χ2n) is 9.60. The Morgan fingerprint density at radius 1 is 1.09 bits per heavy atom. The monoisotopic (exact) mass is 449 g/mol. The second kappa shape index (κ2) is 8.15. The highest BCUT2D eigenvalue weighted by Gasteiger charge is 2.26. The summed E-state index contributed by atoms with van der Waals surface area (Å²) in [5.41, 5.74) is 7.51. The van der Waals surface area contributed by atoms with E-state index in [1.807, 2.05) is 28.9 Å². The first-order valence-electron chi connectivity index (χ1n) is 11.7. The number of rotatable bonds is 4. The summed E-state index contributed by atoms with van der Waals surface area (Å²) in [5.74, 6) is 1.56. The van der Waals surface area contributed by atoms with E-state index in [0.29, 0.717) is 11.5 Å². The largest absolute Gasteiger partial charge is 0.371 e. The van der Waals surface area contributed by atoms with Crippen molar-refractivity contribution in [2.24, 2.45) is 5.92 Å². The van der Waals surface area contributed by atoms with Gasteiger partial charge >= 0.3 is 0 Å². The smallest absolute Gasteiger partial charge is 0.179 e. The third kappa shape index (κ3) is 3.57. The van der Waals surface area contributed by atoms with E-state index in [-0.39, 0.29) is 0 Å². The zero-order valence-electron chi connectivity index (χ0n) is 19.5. The summed E-state index contributed by atoms with van der Waals surface area (Å²) in [6, 6.07) is 18.8. The molecule has 6 rings (SSSR count). The van der Waals surface area contributed by atoms with Gasteiger partial charge < -0.3 is 14.4 Å². The van der Waals surface area contributed by atoms with Crippen LogP contribution in [0.1, 0.15) is 17.5 Å². The van der Waals surface area contributed by atoms with Gasteiger partial charge in [-0.2, -0.15) is 10.4 Å². The normalized spacial score (nSPS) is 16.6. The molecule has 1 fully saturated rings. The fraction of sp³-hybridized carbons (Fsp3) is 0.296. The highest BCUT2D eigenvalue weighted by molar-refractivity contribution is 5.72. The number of hydrogen-bond donors (Lipinski definition) is 0. The van der Waals surface area contributed by atoms with Gasteiger partial charge in [-0.05, 0) is 74.0 Å². The van der Waals surface area contributed by atoms with Crippen LogP contribution in [-0.4, -0.2) is 58.0 Å². The molecule has 2 aromatic carbocycles. The van der Waals surface area contributed by atoms with Crippen molar-refractivity contribution in [2.45, 2.75) is 13.0 Å². The molecule has 0 radical (unpaired) electrons. The Labute approximate surface area is 199 Å². The SMILES string of the molecule is CN(C)CC1CCN(c2ccc3c(c2)Cn2cc(-c4ccc(C#N)cc4)cc2-c2ncnn2-3)C1. The molecular formula is C27H27N7. The van der Waals surface area contributed by atoms with Crippen molar-refractivity contribution < 1.29 is 0 Å². The van der Waals surface area contributed by atoms with Crippen LogP contribution in [0.4, 0.5) is 5.69 Å². The molecule has 2 aromatic heterocycles. The van der Waals surface area contributed by atoms with Gasteiger partial charge in [0.25, 0.3) is 0 Å². The maximum atomic E-state index is 9.12. The molecule has 0 bridgehead atoms. The van der Waals surface area contributed by atoms with E-state index in [2.05, 4.69) is 75.1 Å². The highest BCUT2D eigenvalue weighted by Crippen LogP contribution is 2.35. The Morgan fingerprint density at radius 3 is 2.74 bits per heavy atom. The Morgan fingerprint density at radius 2 is 1.94 bits per heavy atom. The summed E-state index contributed by atoms with van der Waals surface area (Å²) >= 11 is 0. The van der Waals surface area contributed by atoms with Crippen LogP contribution in [0, 0.1) is 17.2 Å². The average Bonchev–Trinajstić information content (AvgIpc) is 3.57. The number of nitriles is 1. The van der Waals surface area contributed by atoms with Gasteiger partial charge in [0, 0.05) is 43.6 Å². The van der Waals surface area contributed by atoms with Gasteiger partial charge in [-0.3, -0.25) is 0 Å². The van der Waals surface area contributed by atoms with Crippen LogP contribution in [0.5, 0.6) is 0 Å².